The first-order chi connectivity index (χ1) is 10.6. The SMILES string of the molecule is CCCCC[C@@H]1O[C@@H]1/C=C/C(=O)CCCCCCCC(=O)O. The summed E-state index contributed by atoms with van der Waals surface area (Å²) in [6.45, 7) is 2.19. The predicted octanol–water partition coefficient (Wildman–Crippen LogP) is 4.27. The Kier molecular flexibility index (Phi) is 9.80. The lowest BCUT2D eigenvalue weighted by atomic mass is 10.1. The second kappa shape index (κ2) is 11.4. The third-order valence-electron chi connectivity index (χ3n) is 4.00. The highest BCUT2D eigenvalue weighted by Crippen LogP contribution is 2.28. The van der Waals surface area contributed by atoms with Gasteiger partial charge in [0.2, 0.25) is 0 Å². The van der Waals surface area contributed by atoms with Crippen molar-refractivity contribution >= 4 is 11.8 Å². The predicted molar refractivity (Wildman–Crippen MR) is 86.9 cm³/mol. The average molecular weight is 310 g/mol. The molecule has 1 saturated heterocycles. The summed E-state index contributed by atoms with van der Waals surface area (Å²) in [5.74, 6) is -0.552. The topological polar surface area (TPSA) is 66.9 Å². The van der Waals surface area contributed by atoms with Crippen LogP contribution in [0.1, 0.15) is 77.6 Å². The monoisotopic (exact) mass is 310 g/mol. The number of epoxide rings is 1. The number of hydrogen-bond donors (Lipinski definition) is 1. The van der Waals surface area contributed by atoms with E-state index in [2.05, 4.69) is 6.92 Å². The molecule has 0 bridgehead atoms. The van der Waals surface area contributed by atoms with Gasteiger partial charge in [-0.2, -0.15) is 0 Å². The molecule has 1 fully saturated rings. The van der Waals surface area contributed by atoms with Gasteiger partial charge in [-0.25, -0.2) is 0 Å². The summed E-state index contributed by atoms with van der Waals surface area (Å²) in [5.41, 5.74) is 0. The van der Waals surface area contributed by atoms with E-state index >= 15 is 0 Å². The van der Waals surface area contributed by atoms with Gasteiger partial charge in [-0.05, 0) is 31.4 Å². The van der Waals surface area contributed by atoms with Gasteiger partial charge in [0.25, 0.3) is 0 Å². The van der Waals surface area contributed by atoms with E-state index in [-0.39, 0.29) is 18.3 Å². The Morgan fingerprint density at radius 3 is 2.36 bits per heavy atom. The molecule has 22 heavy (non-hydrogen) atoms. The van der Waals surface area contributed by atoms with E-state index in [4.69, 9.17) is 9.84 Å². The van der Waals surface area contributed by atoms with Crippen molar-refractivity contribution in [1.29, 1.82) is 0 Å². The van der Waals surface area contributed by atoms with Crippen molar-refractivity contribution in [2.45, 2.75) is 89.8 Å². The zero-order valence-corrected chi connectivity index (χ0v) is 13.8. The summed E-state index contributed by atoms with van der Waals surface area (Å²) in [6.07, 6.45) is 14.3. The molecule has 1 aliphatic heterocycles. The molecule has 4 heteroatoms. The number of carbonyl (C=O) groups is 2. The number of carboxylic acids is 1. The van der Waals surface area contributed by atoms with Crippen LogP contribution in [0.5, 0.6) is 0 Å². The van der Waals surface area contributed by atoms with Crippen LogP contribution in [0, 0.1) is 0 Å². The number of rotatable bonds is 14. The summed E-state index contributed by atoms with van der Waals surface area (Å²) < 4.78 is 5.52. The fourth-order valence-electron chi connectivity index (χ4n) is 2.54. The first-order valence-electron chi connectivity index (χ1n) is 8.71. The van der Waals surface area contributed by atoms with Crippen LogP contribution in [0.4, 0.5) is 0 Å². The number of allylic oxidation sites excluding steroid dienone is 1. The third-order valence-corrected chi connectivity index (χ3v) is 4.00. The normalized spacial score (nSPS) is 20.4. The van der Waals surface area contributed by atoms with Crippen molar-refractivity contribution in [2.24, 2.45) is 0 Å². The Bertz CT molecular complexity index is 362. The molecular weight excluding hydrogens is 280 g/mol. The Morgan fingerprint density at radius 1 is 1.00 bits per heavy atom. The van der Waals surface area contributed by atoms with Crippen LogP contribution < -0.4 is 0 Å². The Labute approximate surface area is 133 Å². The summed E-state index contributed by atoms with van der Waals surface area (Å²) in [5, 5.41) is 8.51. The van der Waals surface area contributed by atoms with Crippen LogP contribution in [0.15, 0.2) is 12.2 Å². The molecule has 0 saturated carbocycles. The van der Waals surface area contributed by atoms with Crippen molar-refractivity contribution in [1.82, 2.24) is 0 Å². The van der Waals surface area contributed by atoms with Crippen molar-refractivity contribution in [3.05, 3.63) is 12.2 Å². The number of hydrogen-bond acceptors (Lipinski definition) is 3. The van der Waals surface area contributed by atoms with E-state index in [1.165, 1.54) is 19.3 Å². The second-order valence-electron chi connectivity index (χ2n) is 6.12. The van der Waals surface area contributed by atoms with Gasteiger partial charge in [0.05, 0.1) is 6.10 Å². The number of ether oxygens (including phenoxy) is 1. The standard InChI is InChI=1S/C18H30O4/c1-2-3-7-11-16-17(22-16)14-13-15(19)10-8-5-4-6-9-12-18(20)21/h13-14,16-17H,2-12H2,1H3,(H,20,21)/b14-13+/t16-,17+/m0/s1. The number of carbonyl (C=O) groups excluding carboxylic acids is 1. The Balaban J connectivity index is 1.93. The third kappa shape index (κ3) is 9.72. The minimum absolute atomic E-state index is 0.164. The van der Waals surface area contributed by atoms with Crippen LogP contribution >= 0.6 is 0 Å². The second-order valence-corrected chi connectivity index (χ2v) is 6.12. The van der Waals surface area contributed by atoms with Gasteiger partial charge in [0.15, 0.2) is 5.78 Å². The van der Waals surface area contributed by atoms with Crippen molar-refractivity contribution in [3.63, 3.8) is 0 Å². The smallest absolute Gasteiger partial charge is 0.303 e. The molecule has 2 atom stereocenters. The Morgan fingerprint density at radius 2 is 1.68 bits per heavy atom. The van der Waals surface area contributed by atoms with E-state index in [1.807, 2.05) is 6.08 Å². The van der Waals surface area contributed by atoms with Crippen LogP contribution in [0.25, 0.3) is 0 Å². The van der Waals surface area contributed by atoms with E-state index in [0.29, 0.717) is 12.5 Å². The summed E-state index contributed by atoms with van der Waals surface area (Å²) >= 11 is 0. The van der Waals surface area contributed by atoms with Gasteiger partial charge in [-0.1, -0.05) is 45.4 Å². The molecule has 1 aliphatic rings. The van der Waals surface area contributed by atoms with Crippen molar-refractivity contribution in [2.75, 3.05) is 0 Å². The van der Waals surface area contributed by atoms with Gasteiger partial charge in [-0.3, -0.25) is 9.59 Å². The first kappa shape index (κ1) is 18.9. The molecule has 4 nitrogen and oxygen atoms in total. The van der Waals surface area contributed by atoms with Crippen LogP contribution in [0.3, 0.4) is 0 Å². The first-order valence-corrected chi connectivity index (χ1v) is 8.71. The van der Waals surface area contributed by atoms with Crippen molar-refractivity contribution < 1.29 is 19.4 Å². The molecule has 0 spiro atoms. The van der Waals surface area contributed by atoms with E-state index in [9.17, 15) is 9.59 Å². The maximum absolute atomic E-state index is 11.7. The summed E-state index contributed by atoms with van der Waals surface area (Å²) in [6, 6.07) is 0. The number of aliphatic carboxylic acids is 1. The average Bonchev–Trinajstić information content (AvgIpc) is 3.22. The molecule has 1 N–H and O–H groups in total. The van der Waals surface area contributed by atoms with Crippen molar-refractivity contribution in [3.8, 4) is 0 Å². The lowest BCUT2D eigenvalue weighted by Gasteiger charge is -1.98. The van der Waals surface area contributed by atoms with Gasteiger partial charge in [0, 0.05) is 12.8 Å². The van der Waals surface area contributed by atoms with Gasteiger partial charge in [0.1, 0.15) is 6.10 Å². The molecule has 0 aromatic carbocycles. The summed E-state index contributed by atoms with van der Waals surface area (Å²) in [4.78, 5) is 22.0. The number of ketones is 1. The molecule has 0 aromatic heterocycles. The molecule has 1 heterocycles. The van der Waals surface area contributed by atoms with Crippen LogP contribution in [-0.2, 0) is 14.3 Å². The van der Waals surface area contributed by atoms with Gasteiger partial charge >= 0.3 is 5.97 Å². The molecule has 126 valence electrons. The maximum Gasteiger partial charge on any atom is 0.303 e. The molecule has 0 aromatic rings. The number of carboxylic acid groups (broad SMARTS) is 1. The van der Waals surface area contributed by atoms with Gasteiger partial charge < -0.3 is 9.84 Å². The van der Waals surface area contributed by atoms with E-state index < -0.39 is 5.97 Å². The Hall–Kier alpha value is -1.16. The molecule has 0 amide bonds. The molecule has 1 rings (SSSR count). The van der Waals surface area contributed by atoms with E-state index in [0.717, 1.165) is 38.5 Å². The molecule has 0 aliphatic carbocycles. The minimum Gasteiger partial charge on any atom is -0.481 e. The molecule has 0 unspecified atom stereocenters. The quantitative estimate of drug-likeness (QED) is 0.295. The molecular formula is C18H30O4. The highest BCUT2D eigenvalue weighted by atomic mass is 16.6. The lowest BCUT2D eigenvalue weighted by Crippen LogP contribution is -1.96. The maximum atomic E-state index is 11.7. The van der Waals surface area contributed by atoms with Gasteiger partial charge in [-0.15, -0.1) is 0 Å². The van der Waals surface area contributed by atoms with Crippen LogP contribution in [0.2, 0.25) is 0 Å². The fraction of sp³-hybridized carbons (Fsp3) is 0.778. The summed E-state index contributed by atoms with van der Waals surface area (Å²) in [7, 11) is 0. The fourth-order valence-corrected chi connectivity index (χ4v) is 2.54. The van der Waals surface area contributed by atoms with Crippen LogP contribution in [-0.4, -0.2) is 29.1 Å². The highest BCUT2D eigenvalue weighted by molar-refractivity contribution is 5.89. The zero-order chi connectivity index (χ0) is 16.2. The minimum atomic E-state index is -0.726. The highest BCUT2D eigenvalue weighted by Gasteiger charge is 2.35. The lowest BCUT2D eigenvalue weighted by molar-refractivity contribution is -0.137. The number of unbranched alkanes of at least 4 members (excludes halogenated alkanes) is 6. The molecule has 0 radical (unpaired) electrons. The van der Waals surface area contributed by atoms with E-state index in [1.54, 1.807) is 6.08 Å². The largest absolute Gasteiger partial charge is 0.481 e. The zero-order valence-electron chi connectivity index (χ0n) is 13.8.